The fourth-order valence-electron chi connectivity index (χ4n) is 2.60. The fourth-order valence-corrected chi connectivity index (χ4v) is 2.60. The van der Waals surface area contributed by atoms with Gasteiger partial charge in [-0.25, -0.2) is 4.39 Å². The van der Waals surface area contributed by atoms with Crippen molar-refractivity contribution in [3.05, 3.63) is 65.5 Å². The molecule has 0 atom stereocenters. The van der Waals surface area contributed by atoms with Gasteiger partial charge in [0.05, 0.1) is 0 Å². The Morgan fingerprint density at radius 2 is 1.70 bits per heavy atom. The molecule has 3 nitrogen and oxygen atoms in total. The largest absolute Gasteiger partial charge is 0.372 e. The van der Waals surface area contributed by atoms with Crippen molar-refractivity contribution in [1.29, 1.82) is 0 Å². The van der Waals surface area contributed by atoms with Gasteiger partial charge in [-0.15, -0.1) is 0 Å². The summed E-state index contributed by atoms with van der Waals surface area (Å²) in [4.78, 5) is 16.3. The molecule has 4 heteroatoms. The SMILES string of the molecule is CCN(CC)c1ccc(C(=O)N(C)Cc2cccc(F)c2)cc1. The van der Waals surface area contributed by atoms with E-state index in [0.29, 0.717) is 12.1 Å². The van der Waals surface area contributed by atoms with Crippen LogP contribution in [0.15, 0.2) is 48.5 Å². The summed E-state index contributed by atoms with van der Waals surface area (Å²) in [5.74, 6) is -0.354. The van der Waals surface area contributed by atoms with Crippen LogP contribution in [0.4, 0.5) is 10.1 Å². The zero-order chi connectivity index (χ0) is 16.8. The van der Waals surface area contributed by atoms with Gasteiger partial charge in [-0.05, 0) is 55.8 Å². The van der Waals surface area contributed by atoms with Crippen LogP contribution in [0, 0.1) is 5.82 Å². The number of nitrogens with zero attached hydrogens (tertiary/aromatic N) is 2. The van der Waals surface area contributed by atoms with Crippen LogP contribution < -0.4 is 4.90 Å². The van der Waals surface area contributed by atoms with Gasteiger partial charge in [0.25, 0.3) is 5.91 Å². The minimum atomic E-state index is -0.285. The number of anilines is 1. The number of rotatable bonds is 6. The monoisotopic (exact) mass is 314 g/mol. The first-order chi connectivity index (χ1) is 11.0. The molecule has 0 spiro atoms. The van der Waals surface area contributed by atoms with E-state index in [0.717, 1.165) is 24.3 Å². The maximum Gasteiger partial charge on any atom is 0.253 e. The van der Waals surface area contributed by atoms with E-state index in [-0.39, 0.29) is 11.7 Å². The smallest absolute Gasteiger partial charge is 0.253 e. The zero-order valence-corrected chi connectivity index (χ0v) is 13.9. The molecule has 122 valence electrons. The summed E-state index contributed by atoms with van der Waals surface area (Å²) in [6, 6.07) is 13.9. The summed E-state index contributed by atoms with van der Waals surface area (Å²) < 4.78 is 13.2. The summed E-state index contributed by atoms with van der Waals surface area (Å²) in [5, 5.41) is 0. The van der Waals surface area contributed by atoms with Crippen molar-refractivity contribution in [2.24, 2.45) is 0 Å². The second-order valence-corrected chi connectivity index (χ2v) is 5.51. The first-order valence-electron chi connectivity index (χ1n) is 7.90. The molecule has 1 amide bonds. The Balaban J connectivity index is 2.07. The Morgan fingerprint density at radius 1 is 1.04 bits per heavy atom. The van der Waals surface area contributed by atoms with Crippen molar-refractivity contribution in [3.63, 3.8) is 0 Å². The van der Waals surface area contributed by atoms with Gasteiger partial charge in [-0.2, -0.15) is 0 Å². The number of hydrogen-bond acceptors (Lipinski definition) is 2. The van der Waals surface area contributed by atoms with Crippen LogP contribution in [0.25, 0.3) is 0 Å². The molecule has 0 saturated heterocycles. The van der Waals surface area contributed by atoms with Gasteiger partial charge in [0.1, 0.15) is 5.82 Å². The fraction of sp³-hybridized carbons (Fsp3) is 0.316. The number of hydrogen-bond donors (Lipinski definition) is 0. The summed E-state index contributed by atoms with van der Waals surface area (Å²) in [6.45, 7) is 6.46. The van der Waals surface area contributed by atoms with Crippen LogP contribution in [0.5, 0.6) is 0 Å². The van der Waals surface area contributed by atoms with Crippen molar-refractivity contribution in [2.45, 2.75) is 20.4 Å². The van der Waals surface area contributed by atoms with E-state index in [1.165, 1.54) is 12.1 Å². The molecular formula is C19H23FN2O. The predicted molar refractivity (Wildman–Crippen MR) is 92.2 cm³/mol. The van der Waals surface area contributed by atoms with Gasteiger partial charge in [0.2, 0.25) is 0 Å². The van der Waals surface area contributed by atoms with Crippen molar-refractivity contribution >= 4 is 11.6 Å². The highest BCUT2D eigenvalue weighted by atomic mass is 19.1. The molecule has 2 aromatic rings. The second kappa shape index (κ2) is 7.77. The molecule has 0 aliphatic heterocycles. The summed E-state index contributed by atoms with van der Waals surface area (Å²) >= 11 is 0. The van der Waals surface area contributed by atoms with E-state index in [1.54, 1.807) is 18.0 Å². The van der Waals surface area contributed by atoms with Crippen molar-refractivity contribution < 1.29 is 9.18 Å². The van der Waals surface area contributed by atoms with Crippen LogP contribution in [0.2, 0.25) is 0 Å². The third kappa shape index (κ3) is 4.31. The number of carbonyl (C=O) groups is 1. The molecule has 0 saturated carbocycles. The van der Waals surface area contributed by atoms with Gasteiger partial charge < -0.3 is 9.80 Å². The van der Waals surface area contributed by atoms with Crippen molar-refractivity contribution in [1.82, 2.24) is 4.90 Å². The molecule has 23 heavy (non-hydrogen) atoms. The van der Waals surface area contributed by atoms with Gasteiger partial charge in [-0.1, -0.05) is 12.1 Å². The summed E-state index contributed by atoms with van der Waals surface area (Å²) in [7, 11) is 1.73. The number of amides is 1. The summed E-state index contributed by atoms with van der Waals surface area (Å²) in [6.07, 6.45) is 0. The van der Waals surface area contributed by atoms with E-state index >= 15 is 0 Å². The summed E-state index contributed by atoms with van der Waals surface area (Å²) in [5.41, 5.74) is 2.53. The standard InChI is InChI=1S/C19H23FN2O/c1-4-22(5-2)18-11-9-16(10-12-18)19(23)21(3)14-15-7-6-8-17(20)13-15/h6-13H,4-5,14H2,1-3H3. The van der Waals surface area contributed by atoms with E-state index in [1.807, 2.05) is 30.3 Å². The van der Waals surface area contributed by atoms with Crippen LogP contribution in [0.1, 0.15) is 29.8 Å². The van der Waals surface area contributed by atoms with Gasteiger partial charge in [-0.3, -0.25) is 4.79 Å². The lowest BCUT2D eigenvalue weighted by atomic mass is 10.1. The Bertz CT molecular complexity index is 651. The van der Waals surface area contributed by atoms with E-state index in [2.05, 4.69) is 18.7 Å². The van der Waals surface area contributed by atoms with E-state index < -0.39 is 0 Å². The van der Waals surface area contributed by atoms with E-state index in [4.69, 9.17) is 0 Å². The minimum absolute atomic E-state index is 0.0691. The topological polar surface area (TPSA) is 23.6 Å². The maximum atomic E-state index is 13.2. The molecule has 0 aliphatic carbocycles. The highest BCUT2D eigenvalue weighted by Crippen LogP contribution is 2.16. The normalized spacial score (nSPS) is 10.4. The molecule has 0 N–H and O–H groups in total. The number of halogens is 1. The highest BCUT2D eigenvalue weighted by molar-refractivity contribution is 5.94. The lowest BCUT2D eigenvalue weighted by Gasteiger charge is -2.22. The first-order valence-corrected chi connectivity index (χ1v) is 7.90. The Kier molecular flexibility index (Phi) is 5.74. The number of benzene rings is 2. The van der Waals surface area contributed by atoms with E-state index in [9.17, 15) is 9.18 Å². The van der Waals surface area contributed by atoms with Crippen LogP contribution in [-0.2, 0) is 6.54 Å². The Hall–Kier alpha value is -2.36. The van der Waals surface area contributed by atoms with Gasteiger partial charge in [0, 0.05) is 37.9 Å². The van der Waals surface area contributed by atoms with Crippen LogP contribution in [-0.4, -0.2) is 30.9 Å². The molecular weight excluding hydrogens is 291 g/mol. The first kappa shape index (κ1) is 17.0. The second-order valence-electron chi connectivity index (χ2n) is 5.51. The number of carbonyl (C=O) groups excluding carboxylic acids is 1. The molecule has 0 unspecified atom stereocenters. The molecule has 0 heterocycles. The highest BCUT2D eigenvalue weighted by Gasteiger charge is 2.13. The Morgan fingerprint density at radius 3 is 2.26 bits per heavy atom. The lowest BCUT2D eigenvalue weighted by Crippen LogP contribution is -2.26. The Labute approximate surface area is 137 Å². The van der Waals surface area contributed by atoms with Crippen LogP contribution in [0.3, 0.4) is 0 Å². The molecule has 0 bridgehead atoms. The predicted octanol–water partition coefficient (Wildman–Crippen LogP) is 3.94. The molecule has 0 radical (unpaired) electrons. The molecule has 0 aliphatic rings. The third-order valence-electron chi connectivity index (χ3n) is 3.90. The molecule has 2 rings (SSSR count). The average molecular weight is 314 g/mol. The van der Waals surface area contributed by atoms with Gasteiger partial charge >= 0.3 is 0 Å². The third-order valence-corrected chi connectivity index (χ3v) is 3.90. The quantitative estimate of drug-likeness (QED) is 0.806. The molecule has 2 aromatic carbocycles. The van der Waals surface area contributed by atoms with Crippen LogP contribution >= 0.6 is 0 Å². The molecule has 0 fully saturated rings. The zero-order valence-electron chi connectivity index (χ0n) is 13.9. The lowest BCUT2D eigenvalue weighted by molar-refractivity contribution is 0.0785. The maximum absolute atomic E-state index is 13.2. The minimum Gasteiger partial charge on any atom is -0.372 e. The van der Waals surface area contributed by atoms with Crippen molar-refractivity contribution in [3.8, 4) is 0 Å². The molecule has 0 aromatic heterocycles. The van der Waals surface area contributed by atoms with Crippen molar-refractivity contribution in [2.75, 3.05) is 25.0 Å². The average Bonchev–Trinajstić information content (AvgIpc) is 2.56. The van der Waals surface area contributed by atoms with Gasteiger partial charge in [0.15, 0.2) is 0 Å².